The number of nitrogens with one attached hydrogen (secondary N) is 1. The third kappa shape index (κ3) is 33.0. The molecule has 0 bridgehead atoms. The minimum absolute atomic E-state index is 0.190. The summed E-state index contributed by atoms with van der Waals surface area (Å²) in [5.41, 5.74) is 0. The quantitative estimate of drug-likeness (QED) is 0.0409. The Morgan fingerprint density at radius 2 is 1.02 bits per heavy atom. The minimum Gasteiger partial charge on any atom is -0.391 e. The predicted molar refractivity (Wildman–Crippen MR) is 193 cm³/mol. The van der Waals surface area contributed by atoms with Crippen LogP contribution in [0.2, 0.25) is 0 Å². The second kappa shape index (κ2) is 31.7. The van der Waals surface area contributed by atoms with Gasteiger partial charge >= 0.3 is 0 Å². The van der Waals surface area contributed by atoms with E-state index in [1.54, 1.807) is 0 Å². The number of carbonyl (C=O) groups is 1. The van der Waals surface area contributed by atoms with Crippen molar-refractivity contribution in [3.63, 3.8) is 0 Å². The van der Waals surface area contributed by atoms with Gasteiger partial charge in [-0.05, 0) is 51.4 Å². The number of hydrogen-bond acceptors (Lipinski definition) is 4. The van der Waals surface area contributed by atoms with Crippen molar-refractivity contribution < 1.29 is 22.9 Å². The summed E-state index contributed by atoms with van der Waals surface area (Å²) >= 11 is 0. The fourth-order valence-electron chi connectivity index (χ4n) is 4.83. The van der Waals surface area contributed by atoms with Crippen LogP contribution in [0.1, 0.15) is 142 Å². The third-order valence-electron chi connectivity index (χ3n) is 7.44. The molecular weight excluding hydrogens is 582 g/mol. The van der Waals surface area contributed by atoms with Gasteiger partial charge in [-0.1, -0.05) is 157 Å². The van der Waals surface area contributed by atoms with Gasteiger partial charge in [0, 0.05) is 6.42 Å². The Morgan fingerprint density at radius 1 is 0.622 bits per heavy atom. The van der Waals surface area contributed by atoms with E-state index >= 15 is 0 Å². The van der Waals surface area contributed by atoms with Gasteiger partial charge in [0.2, 0.25) is 5.91 Å². The average Bonchev–Trinajstić information content (AvgIpc) is 3.00. The Kier molecular flexibility index (Phi) is 30.2. The van der Waals surface area contributed by atoms with E-state index in [1.165, 1.54) is 51.4 Å². The first-order valence-corrected chi connectivity index (χ1v) is 19.2. The maximum atomic E-state index is 12.4. The van der Waals surface area contributed by atoms with Crippen LogP contribution < -0.4 is 5.32 Å². The van der Waals surface area contributed by atoms with Gasteiger partial charge in [-0.25, -0.2) is 0 Å². The van der Waals surface area contributed by atoms with E-state index in [0.717, 1.165) is 57.8 Å². The first kappa shape index (κ1) is 42.8. The highest BCUT2D eigenvalue weighted by molar-refractivity contribution is 7.85. The summed E-state index contributed by atoms with van der Waals surface area (Å²) in [6.45, 7) is 4.37. The smallest absolute Gasteiger partial charge is 0.266 e. The van der Waals surface area contributed by atoms with Crippen molar-refractivity contribution in [3.8, 4) is 0 Å². The number of rotatable bonds is 30. The SMILES string of the molecule is CC/C=C\C/C=C\C/C=C\C/C=C\C/C=C\C/C=C\CCC(=O)NC(CS(=O)(=O)O)C(O)CCCCCCCCCCCCC. The third-order valence-corrected chi connectivity index (χ3v) is 8.22. The van der Waals surface area contributed by atoms with Crippen molar-refractivity contribution in [1.29, 1.82) is 0 Å². The van der Waals surface area contributed by atoms with Gasteiger partial charge in [-0.3, -0.25) is 9.35 Å². The van der Waals surface area contributed by atoms with Crippen LogP contribution in [0, 0.1) is 0 Å². The van der Waals surface area contributed by atoms with Crippen molar-refractivity contribution in [3.05, 3.63) is 72.9 Å². The zero-order valence-corrected chi connectivity index (χ0v) is 29.3. The van der Waals surface area contributed by atoms with Gasteiger partial charge in [0.05, 0.1) is 17.9 Å². The molecule has 0 aromatic carbocycles. The van der Waals surface area contributed by atoms with Crippen LogP contribution in [0.4, 0.5) is 0 Å². The van der Waals surface area contributed by atoms with E-state index in [9.17, 15) is 22.9 Å². The van der Waals surface area contributed by atoms with Gasteiger partial charge in [0.1, 0.15) is 0 Å². The molecule has 0 saturated heterocycles. The lowest BCUT2D eigenvalue weighted by atomic mass is 10.0. The normalized spacial score (nSPS) is 14.3. The van der Waals surface area contributed by atoms with Crippen LogP contribution in [0.25, 0.3) is 0 Å². The standard InChI is InChI=1S/C38H65NO5S/c1-3-5-7-9-11-13-15-16-17-18-19-20-21-22-24-26-28-30-32-34-38(41)39-36(35-45(42,43)44)37(40)33-31-29-27-25-23-14-12-10-8-6-4-2/h5,7,11,13,16-17,19-20,22,24,28,30,36-37,40H,3-4,6,8-10,12,14-15,18,21,23,25-27,29,31-35H2,1-2H3,(H,39,41)(H,42,43,44)/b7-5-,13-11-,17-16-,20-19-,24-22-,30-28-. The molecule has 7 heteroatoms. The van der Waals surface area contributed by atoms with Crippen LogP contribution in [0.5, 0.6) is 0 Å². The fourth-order valence-corrected chi connectivity index (χ4v) is 5.59. The Bertz CT molecular complexity index is 978. The molecule has 6 nitrogen and oxygen atoms in total. The molecule has 2 atom stereocenters. The number of amides is 1. The van der Waals surface area contributed by atoms with Crippen molar-refractivity contribution in [2.24, 2.45) is 0 Å². The lowest BCUT2D eigenvalue weighted by Crippen LogP contribution is -2.47. The summed E-state index contributed by atoms with van der Waals surface area (Å²) < 4.78 is 32.3. The van der Waals surface area contributed by atoms with Gasteiger partial charge < -0.3 is 10.4 Å². The van der Waals surface area contributed by atoms with Crippen LogP contribution in [0.15, 0.2) is 72.9 Å². The molecule has 0 rings (SSSR count). The Balaban J connectivity index is 4.12. The molecule has 0 fully saturated rings. The molecule has 0 aliphatic rings. The predicted octanol–water partition coefficient (Wildman–Crippen LogP) is 9.90. The average molecular weight is 648 g/mol. The van der Waals surface area contributed by atoms with Gasteiger partial charge in [0.15, 0.2) is 0 Å². The second-order valence-electron chi connectivity index (χ2n) is 11.8. The number of allylic oxidation sites excluding steroid dienone is 12. The monoisotopic (exact) mass is 647 g/mol. The van der Waals surface area contributed by atoms with Crippen LogP contribution in [-0.2, 0) is 14.9 Å². The molecule has 0 aliphatic carbocycles. The fraction of sp³-hybridized carbons (Fsp3) is 0.658. The molecule has 45 heavy (non-hydrogen) atoms. The summed E-state index contributed by atoms with van der Waals surface area (Å²) in [6.07, 6.45) is 44.3. The van der Waals surface area contributed by atoms with E-state index < -0.39 is 28.0 Å². The van der Waals surface area contributed by atoms with Crippen LogP contribution in [0.3, 0.4) is 0 Å². The van der Waals surface area contributed by atoms with Crippen molar-refractivity contribution in [2.45, 2.75) is 154 Å². The largest absolute Gasteiger partial charge is 0.391 e. The molecule has 0 spiro atoms. The Hall–Kier alpha value is -2.22. The lowest BCUT2D eigenvalue weighted by Gasteiger charge is -2.23. The number of unbranched alkanes of at least 4 members (excludes halogenated alkanes) is 10. The van der Waals surface area contributed by atoms with E-state index in [2.05, 4.69) is 79.9 Å². The number of hydrogen-bond donors (Lipinski definition) is 3. The van der Waals surface area contributed by atoms with Gasteiger partial charge in [-0.15, -0.1) is 0 Å². The van der Waals surface area contributed by atoms with Gasteiger partial charge in [0.25, 0.3) is 10.1 Å². The molecular formula is C38H65NO5S. The van der Waals surface area contributed by atoms with E-state index in [0.29, 0.717) is 12.8 Å². The molecule has 0 aromatic heterocycles. The highest BCUT2D eigenvalue weighted by Crippen LogP contribution is 2.14. The van der Waals surface area contributed by atoms with Crippen LogP contribution >= 0.6 is 0 Å². The zero-order valence-electron chi connectivity index (χ0n) is 28.5. The maximum absolute atomic E-state index is 12.4. The molecule has 0 saturated carbocycles. The first-order chi connectivity index (χ1) is 21.8. The van der Waals surface area contributed by atoms with Gasteiger partial charge in [-0.2, -0.15) is 8.42 Å². The molecule has 0 aliphatic heterocycles. The van der Waals surface area contributed by atoms with E-state index in [1.807, 2.05) is 12.2 Å². The topological polar surface area (TPSA) is 104 Å². The van der Waals surface area contributed by atoms with E-state index in [-0.39, 0.29) is 12.3 Å². The van der Waals surface area contributed by atoms with Crippen molar-refractivity contribution in [2.75, 3.05) is 5.75 Å². The highest BCUT2D eigenvalue weighted by Gasteiger charge is 2.25. The highest BCUT2D eigenvalue weighted by atomic mass is 32.2. The summed E-state index contributed by atoms with van der Waals surface area (Å²) in [5, 5.41) is 13.2. The number of aliphatic hydroxyl groups is 1. The minimum atomic E-state index is -4.33. The zero-order chi connectivity index (χ0) is 33.3. The summed E-state index contributed by atoms with van der Waals surface area (Å²) in [7, 11) is -4.33. The summed E-state index contributed by atoms with van der Waals surface area (Å²) in [6, 6.07) is -1.01. The molecule has 0 heterocycles. The molecule has 258 valence electrons. The van der Waals surface area contributed by atoms with Crippen LogP contribution in [-0.4, -0.2) is 41.9 Å². The summed E-state index contributed by atoms with van der Waals surface area (Å²) in [4.78, 5) is 12.4. The summed E-state index contributed by atoms with van der Waals surface area (Å²) in [5.74, 6) is -1.01. The molecule has 0 radical (unpaired) electrons. The molecule has 3 N–H and O–H groups in total. The lowest BCUT2D eigenvalue weighted by molar-refractivity contribution is -0.122. The first-order valence-electron chi connectivity index (χ1n) is 17.6. The molecule has 1 amide bonds. The number of carbonyl (C=O) groups excluding carboxylic acids is 1. The second-order valence-corrected chi connectivity index (χ2v) is 13.3. The molecule has 2 unspecified atom stereocenters. The Morgan fingerprint density at radius 3 is 1.44 bits per heavy atom. The Labute approximate surface area is 276 Å². The molecule has 0 aromatic rings. The van der Waals surface area contributed by atoms with E-state index in [4.69, 9.17) is 0 Å². The number of aliphatic hydroxyl groups excluding tert-OH is 1. The van der Waals surface area contributed by atoms with Crippen molar-refractivity contribution in [1.82, 2.24) is 5.32 Å². The van der Waals surface area contributed by atoms with Crippen molar-refractivity contribution >= 4 is 16.0 Å². The maximum Gasteiger partial charge on any atom is 0.266 e.